The molecule has 2 heterocycles. The van der Waals surface area contributed by atoms with Gasteiger partial charge in [-0.05, 0) is 30.7 Å². The van der Waals surface area contributed by atoms with E-state index in [0.717, 1.165) is 4.88 Å². The van der Waals surface area contributed by atoms with Gasteiger partial charge in [-0.25, -0.2) is 8.42 Å². The highest BCUT2D eigenvalue weighted by molar-refractivity contribution is 7.91. The van der Waals surface area contributed by atoms with E-state index in [4.69, 9.17) is 0 Å². The number of sulfone groups is 1. The minimum atomic E-state index is -3.45. The Hall–Kier alpha value is -3.04. The van der Waals surface area contributed by atoms with E-state index in [9.17, 15) is 23.3 Å². The molecule has 0 radical (unpaired) electrons. The van der Waals surface area contributed by atoms with E-state index in [0.29, 0.717) is 27.3 Å². The first-order valence-electron chi connectivity index (χ1n) is 8.28. The molecule has 0 spiro atoms. The number of carbonyl (C=O) groups is 1. The molecule has 3 aromatic rings. The van der Waals surface area contributed by atoms with Gasteiger partial charge in [-0.15, -0.1) is 11.3 Å². The van der Waals surface area contributed by atoms with E-state index >= 15 is 0 Å². The number of hydrogen-bond donors (Lipinski definition) is 1. The van der Waals surface area contributed by atoms with Gasteiger partial charge in [0.1, 0.15) is 0 Å². The number of nitrogens with one attached hydrogen (secondary N) is 1. The molecule has 1 aliphatic rings. The van der Waals surface area contributed by atoms with Crippen molar-refractivity contribution in [3.8, 4) is 10.4 Å². The monoisotopic (exact) mass is 414 g/mol. The van der Waals surface area contributed by atoms with Crippen LogP contribution in [0, 0.1) is 17.0 Å². The Morgan fingerprint density at radius 3 is 2.68 bits per heavy atom. The molecule has 1 aromatic heterocycles. The molecule has 142 valence electrons. The van der Waals surface area contributed by atoms with Crippen molar-refractivity contribution in [3.05, 3.63) is 74.6 Å². The molecule has 1 N–H and O–H groups in total. The summed E-state index contributed by atoms with van der Waals surface area (Å²) in [5.41, 5.74) is 1.81. The Balaban J connectivity index is 1.71. The lowest BCUT2D eigenvalue weighted by atomic mass is 10.1. The number of amides is 1. The van der Waals surface area contributed by atoms with Crippen molar-refractivity contribution in [2.45, 2.75) is 17.6 Å². The van der Waals surface area contributed by atoms with Crippen molar-refractivity contribution in [2.24, 2.45) is 0 Å². The van der Waals surface area contributed by atoms with Crippen LogP contribution in [0.25, 0.3) is 10.4 Å². The van der Waals surface area contributed by atoms with Gasteiger partial charge in [-0.2, -0.15) is 0 Å². The molecule has 0 saturated heterocycles. The van der Waals surface area contributed by atoms with Gasteiger partial charge < -0.3 is 5.32 Å². The number of benzene rings is 2. The van der Waals surface area contributed by atoms with Gasteiger partial charge in [0.2, 0.25) is 0 Å². The van der Waals surface area contributed by atoms with E-state index in [-0.39, 0.29) is 16.3 Å². The fraction of sp³-hybridized carbons (Fsp3) is 0.105. The summed E-state index contributed by atoms with van der Waals surface area (Å²) in [7, 11) is -3.45. The fourth-order valence-corrected chi connectivity index (χ4v) is 6.08. The Labute approximate surface area is 164 Å². The summed E-state index contributed by atoms with van der Waals surface area (Å²) in [4.78, 5) is 24.7. The van der Waals surface area contributed by atoms with E-state index in [1.807, 2.05) is 0 Å². The predicted molar refractivity (Wildman–Crippen MR) is 106 cm³/mol. The van der Waals surface area contributed by atoms with Gasteiger partial charge in [0, 0.05) is 16.5 Å². The molecule has 1 aliphatic heterocycles. The van der Waals surface area contributed by atoms with Crippen LogP contribution < -0.4 is 5.32 Å². The molecule has 0 bridgehead atoms. The summed E-state index contributed by atoms with van der Waals surface area (Å²) in [5, 5.41) is 13.8. The van der Waals surface area contributed by atoms with Crippen molar-refractivity contribution >= 4 is 38.5 Å². The third-order valence-electron chi connectivity index (χ3n) is 4.60. The summed E-state index contributed by atoms with van der Waals surface area (Å²) >= 11 is 1.21. The highest BCUT2D eigenvalue weighted by Crippen LogP contribution is 2.42. The third-order valence-corrected chi connectivity index (χ3v) is 7.52. The summed E-state index contributed by atoms with van der Waals surface area (Å²) in [5.74, 6) is -0.586. The van der Waals surface area contributed by atoms with Gasteiger partial charge in [-0.3, -0.25) is 14.9 Å². The highest BCUT2D eigenvalue weighted by Gasteiger charge is 2.30. The van der Waals surface area contributed by atoms with Gasteiger partial charge in [0.15, 0.2) is 9.84 Å². The Morgan fingerprint density at radius 2 is 1.93 bits per heavy atom. The van der Waals surface area contributed by atoms with Crippen molar-refractivity contribution in [1.29, 1.82) is 0 Å². The molecule has 9 heteroatoms. The van der Waals surface area contributed by atoms with Crippen LogP contribution in [0.1, 0.15) is 20.8 Å². The zero-order valence-electron chi connectivity index (χ0n) is 14.6. The second-order valence-corrected chi connectivity index (χ2v) is 9.39. The van der Waals surface area contributed by atoms with Gasteiger partial charge in [-0.1, -0.05) is 24.3 Å². The number of carbonyl (C=O) groups excluding carboxylic acids is 1. The maximum absolute atomic E-state index is 12.7. The number of nitro benzene ring substituents is 1. The topological polar surface area (TPSA) is 106 Å². The molecule has 0 atom stereocenters. The molecule has 7 nitrogen and oxygen atoms in total. The summed E-state index contributed by atoms with van der Waals surface area (Å²) in [6, 6.07) is 12.8. The molecule has 4 rings (SSSR count). The lowest BCUT2D eigenvalue weighted by Crippen LogP contribution is -2.12. The molecule has 0 aliphatic carbocycles. The minimum absolute atomic E-state index is 0.0803. The summed E-state index contributed by atoms with van der Waals surface area (Å²) < 4.78 is 25.0. The second-order valence-electron chi connectivity index (χ2n) is 6.38. The fourth-order valence-electron chi connectivity index (χ4n) is 3.22. The predicted octanol–water partition coefficient (Wildman–Crippen LogP) is 4.17. The van der Waals surface area contributed by atoms with E-state index < -0.39 is 20.7 Å². The number of nitrogens with zero attached hydrogens (tertiary/aromatic N) is 1. The Bertz CT molecular complexity index is 1240. The van der Waals surface area contributed by atoms with Crippen LogP contribution in [-0.4, -0.2) is 19.2 Å². The Morgan fingerprint density at radius 1 is 1.18 bits per heavy atom. The quantitative estimate of drug-likeness (QED) is 0.511. The highest BCUT2D eigenvalue weighted by atomic mass is 32.2. The SMILES string of the molecule is Cc1c(NC(=O)c2cc3c(s2)-c2ccccc2S(=O)(=O)C3)cccc1[N+](=O)[O-]. The van der Waals surface area contributed by atoms with Gasteiger partial charge in [0.25, 0.3) is 11.6 Å². The lowest BCUT2D eigenvalue weighted by molar-refractivity contribution is -0.385. The van der Waals surface area contributed by atoms with E-state index in [2.05, 4.69) is 5.32 Å². The normalized spacial score (nSPS) is 14.0. The van der Waals surface area contributed by atoms with E-state index in [1.54, 1.807) is 43.3 Å². The maximum atomic E-state index is 12.7. The molecular weight excluding hydrogens is 400 g/mol. The van der Waals surface area contributed by atoms with Crippen molar-refractivity contribution < 1.29 is 18.1 Å². The first-order valence-corrected chi connectivity index (χ1v) is 10.7. The van der Waals surface area contributed by atoms with Crippen molar-refractivity contribution in [3.63, 3.8) is 0 Å². The second kappa shape index (κ2) is 6.54. The molecular formula is C19H14N2O5S2. The minimum Gasteiger partial charge on any atom is -0.321 e. The largest absolute Gasteiger partial charge is 0.321 e. The molecule has 2 aromatic carbocycles. The van der Waals surface area contributed by atoms with Crippen molar-refractivity contribution in [2.75, 3.05) is 5.32 Å². The van der Waals surface area contributed by atoms with Gasteiger partial charge in [0.05, 0.1) is 31.7 Å². The number of hydrogen-bond acceptors (Lipinski definition) is 6. The molecule has 28 heavy (non-hydrogen) atoms. The first-order chi connectivity index (χ1) is 13.3. The zero-order valence-corrected chi connectivity index (χ0v) is 16.3. The van der Waals surface area contributed by atoms with Crippen molar-refractivity contribution in [1.82, 2.24) is 0 Å². The molecule has 0 saturated carbocycles. The third kappa shape index (κ3) is 2.98. The lowest BCUT2D eigenvalue weighted by Gasteiger charge is -2.15. The number of thiophene rings is 1. The van der Waals surface area contributed by atoms with Crippen LogP contribution in [0.5, 0.6) is 0 Å². The van der Waals surface area contributed by atoms with E-state index in [1.165, 1.54) is 23.5 Å². The molecule has 1 amide bonds. The zero-order chi connectivity index (χ0) is 20.1. The van der Waals surface area contributed by atoms with Crippen LogP contribution in [0.3, 0.4) is 0 Å². The van der Waals surface area contributed by atoms with Crippen LogP contribution in [0.2, 0.25) is 0 Å². The molecule has 0 unspecified atom stereocenters. The number of rotatable bonds is 3. The first kappa shape index (κ1) is 18.3. The van der Waals surface area contributed by atoms with Crippen LogP contribution in [0.4, 0.5) is 11.4 Å². The number of fused-ring (bicyclic) bond motifs is 3. The standard InChI is InChI=1S/C19H14N2O5S2/c1-11-14(6-4-7-15(11)21(23)24)20-19(22)16-9-12-10-28(25,26)17-8-3-2-5-13(17)18(12)27-16/h2-9H,10H2,1H3,(H,20,22). The average molecular weight is 414 g/mol. The summed E-state index contributed by atoms with van der Waals surface area (Å²) in [6.07, 6.45) is 0. The van der Waals surface area contributed by atoms with Gasteiger partial charge >= 0.3 is 0 Å². The summed E-state index contributed by atoms with van der Waals surface area (Å²) in [6.45, 7) is 1.57. The number of nitro groups is 1. The van der Waals surface area contributed by atoms with Crippen LogP contribution >= 0.6 is 11.3 Å². The smallest absolute Gasteiger partial charge is 0.274 e. The molecule has 0 fully saturated rings. The van der Waals surface area contributed by atoms with Crippen LogP contribution in [0.15, 0.2) is 53.4 Å². The Kier molecular flexibility index (Phi) is 4.28. The number of anilines is 1. The average Bonchev–Trinajstić information content (AvgIpc) is 3.06. The maximum Gasteiger partial charge on any atom is 0.274 e. The van der Waals surface area contributed by atoms with Crippen LogP contribution in [-0.2, 0) is 15.6 Å².